The number of pyridine rings is 1. The Bertz CT molecular complexity index is 1580. The van der Waals surface area contributed by atoms with Crippen molar-refractivity contribution >= 4 is 10.9 Å². The van der Waals surface area contributed by atoms with Gasteiger partial charge in [-0.1, -0.05) is 60.7 Å². The molecule has 0 radical (unpaired) electrons. The standard InChI is InChI=1S/C31H34N6O2/c1-22-18-26-20-27(31(38)32-28(26)19-23(22)2)29(30-33-34-35-37(30)16-17-39-3)36(21-25-12-8-5-9-13-25)15-14-24-10-6-4-7-11-24/h4-13,18-20,29H,14-17,21H2,1-3H3,(H,32,38)/t29-/m0/s1. The second-order valence-electron chi connectivity index (χ2n) is 9.92. The number of nitrogens with zero attached hydrogens (tertiary/aromatic N) is 5. The van der Waals surface area contributed by atoms with Crippen molar-refractivity contribution < 1.29 is 4.74 Å². The Labute approximate surface area is 228 Å². The predicted molar refractivity (Wildman–Crippen MR) is 153 cm³/mol. The van der Waals surface area contributed by atoms with Gasteiger partial charge in [0, 0.05) is 31.3 Å². The van der Waals surface area contributed by atoms with Gasteiger partial charge in [-0.15, -0.1) is 5.10 Å². The number of rotatable bonds is 11. The quantitative estimate of drug-likeness (QED) is 0.273. The molecule has 0 saturated carbocycles. The molecule has 0 amide bonds. The van der Waals surface area contributed by atoms with Crippen LogP contribution in [0.3, 0.4) is 0 Å². The average Bonchev–Trinajstić information content (AvgIpc) is 3.41. The van der Waals surface area contributed by atoms with Gasteiger partial charge in [-0.2, -0.15) is 0 Å². The van der Waals surface area contributed by atoms with Crippen molar-refractivity contribution in [3.63, 3.8) is 0 Å². The SMILES string of the molecule is COCCn1nnnc1[C@H](c1cc2cc(C)c(C)cc2[nH]c1=O)N(CCc1ccccc1)Cc1ccccc1. The van der Waals surface area contributed by atoms with Gasteiger partial charge in [-0.05, 0) is 76.5 Å². The summed E-state index contributed by atoms with van der Waals surface area (Å²) < 4.78 is 7.07. The Morgan fingerprint density at radius 1 is 0.949 bits per heavy atom. The molecule has 0 spiro atoms. The van der Waals surface area contributed by atoms with Gasteiger partial charge in [-0.3, -0.25) is 9.69 Å². The van der Waals surface area contributed by atoms with Crippen LogP contribution in [0.2, 0.25) is 0 Å². The Balaban J connectivity index is 1.65. The molecular formula is C31H34N6O2. The lowest BCUT2D eigenvalue weighted by atomic mass is 9.99. The maximum absolute atomic E-state index is 13.7. The molecule has 8 heteroatoms. The summed E-state index contributed by atoms with van der Waals surface area (Å²) in [7, 11) is 1.65. The summed E-state index contributed by atoms with van der Waals surface area (Å²) in [5, 5.41) is 13.7. The van der Waals surface area contributed by atoms with E-state index >= 15 is 0 Å². The van der Waals surface area contributed by atoms with Crippen molar-refractivity contribution in [2.75, 3.05) is 20.3 Å². The second kappa shape index (κ2) is 12.1. The topological polar surface area (TPSA) is 88.9 Å². The van der Waals surface area contributed by atoms with E-state index in [0.29, 0.717) is 37.6 Å². The van der Waals surface area contributed by atoms with Gasteiger partial charge in [0.05, 0.1) is 13.2 Å². The summed E-state index contributed by atoms with van der Waals surface area (Å²) in [4.78, 5) is 19.2. The van der Waals surface area contributed by atoms with Crippen molar-refractivity contribution in [1.82, 2.24) is 30.1 Å². The number of hydrogen-bond acceptors (Lipinski definition) is 6. The van der Waals surface area contributed by atoms with Gasteiger partial charge >= 0.3 is 0 Å². The molecule has 0 unspecified atom stereocenters. The number of methoxy groups -OCH3 is 1. The van der Waals surface area contributed by atoms with E-state index in [1.54, 1.807) is 11.8 Å². The maximum Gasteiger partial charge on any atom is 0.253 e. The highest BCUT2D eigenvalue weighted by molar-refractivity contribution is 5.81. The minimum Gasteiger partial charge on any atom is -0.383 e. The third-order valence-corrected chi connectivity index (χ3v) is 7.22. The van der Waals surface area contributed by atoms with Crippen molar-refractivity contribution in [3.8, 4) is 0 Å². The number of benzene rings is 3. The van der Waals surface area contributed by atoms with Crippen LogP contribution in [0, 0.1) is 13.8 Å². The summed E-state index contributed by atoms with van der Waals surface area (Å²) in [6, 6.07) is 26.4. The fourth-order valence-electron chi connectivity index (χ4n) is 4.98. The molecule has 2 aromatic heterocycles. The number of nitrogens with one attached hydrogen (secondary N) is 1. The second-order valence-corrected chi connectivity index (χ2v) is 9.92. The van der Waals surface area contributed by atoms with Crippen LogP contribution in [0.25, 0.3) is 10.9 Å². The molecule has 2 heterocycles. The lowest BCUT2D eigenvalue weighted by Gasteiger charge is -2.31. The number of aromatic nitrogens is 5. The zero-order chi connectivity index (χ0) is 27.2. The first-order valence-electron chi connectivity index (χ1n) is 13.2. The molecule has 0 aliphatic carbocycles. The Hall–Kier alpha value is -4.14. The normalized spacial score (nSPS) is 12.3. The first kappa shape index (κ1) is 26.5. The third-order valence-electron chi connectivity index (χ3n) is 7.22. The number of tetrazole rings is 1. The summed E-state index contributed by atoms with van der Waals surface area (Å²) in [5.74, 6) is 0.615. The van der Waals surface area contributed by atoms with Crippen LogP contribution in [0.5, 0.6) is 0 Å². The molecule has 0 bridgehead atoms. The van der Waals surface area contributed by atoms with Gasteiger partial charge in [0.1, 0.15) is 6.04 Å². The summed E-state index contributed by atoms with van der Waals surface area (Å²) in [5.41, 5.74) is 5.98. The van der Waals surface area contributed by atoms with Gasteiger partial charge in [-0.25, -0.2) is 4.68 Å². The van der Waals surface area contributed by atoms with E-state index in [2.05, 4.69) is 81.7 Å². The van der Waals surface area contributed by atoms with E-state index in [0.717, 1.165) is 28.5 Å². The van der Waals surface area contributed by atoms with Crippen LogP contribution in [-0.2, 0) is 24.2 Å². The van der Waals surface area contributed by atoms with E-state index in [1.807, 2.05) is 36.4 Å². The minimum atomic E-state index is -0.476. The number of ether oxygens (including phenoxy) is 1. The largest absolute Gasteiger partial charge is 0.383 e. The van der Waals surface area contributed by atoms with E-state index in [-0.39, 0.29) is 5.56 Å². The molecule has 200 valence electrons. The molecule has 0 fully saturated rings. The zero-order valence-electron chi connectivity index (χ0n) is 22.7. The van der Waals surface area contributed by atoms with Crippen LogP contribution in [0.4, 0.5) is 0 Å². The lowest BCUT2D eigenvalue weighted by molar-refractivity contribution is 0.172. The highest BCUT2D eigenvalue weighted by Crippen LogP contribution is 2.29. The highest BCUT2D eigenvalue weighted by Gasteiger charge is 2.30. The summed E-state index contributed by atoms with van der Waals surface area (Å²) >= 11 is 0. The third kappa shape index (κ3) is 6.13. The van der Waals surface area contributed by atoms with E-state index in [4.69, 9.17) is 4.74 Å². The van der Waals surface area contributed by atoms with Crippen LogP contribution >= 0.6 is 0 Å². The first-order chi connectivity index (χ1) is 19.0. The molecule has 3 aromatic carbocycles. The van der Waals surface area contributed by atoms with Crippen molar-refractivity contribution in [1.29, 1.82) is 0 Å². The Kier molecular flexibility index (Phi) is 8.24. The van der Waals surface area contributed by atoms with E-state index in [1.165, 1.54) is 11.1 Å². The molecule has 5 aromatic rings. The van der Waals surface area contributed by atoms with Crippen LogP contribution < -0.4 is 5.56 Å². The molecule has 1 atom stereocenters. The maximum atomic E-state index is 13.7. The molecule has 0 aliphatic heterocycles. The Morgan fingerprint density at radius 3 is 2.36 bits per heavy atom. The van der Waals surface area contributed by atoms with Gasteiger partial charge < -0.3 is 9.72 Å². The fourth-order valence-corrected chi connectivity index (χ4v) is 4.98. The molecule has 0 saturated heterocycles. The van der Waals surface area contributed by atoms with Crippen molar-refractivity contribution in [2.45, 2.75) is 39.4 Å². The lowest BCUT2D eigenvalue weighted by Crippen LogP contribution is -2.36. The number of hydrogen-bond donors (Lipinski definition) is 1. The van der Waals surface area contributed by atoms with Crippen molar-refractivity contribution in [2.24, 2.45) is 0 Å². The van der Waals surface area contributed by atoms with Gasteiger partial charge in [0.25, 0.3) is 5.56 Å². The fraction of sp³-hybridized carbons (Fsp3) is 0.290. The number of aryl methyl sites for hydroxylation is 2. The van der Waals surface area contributed by atoms with Crippen LogP contribution in [0.15, 0.2) is 83.7 Å². The van der Waals surface area contributed by atoms with Gasteiger partial charge in [0.2, 0.25) is 0 Å². The summed E-state index contributed by atoms with van der Waals surface area (Å²) in [6.07, 6.45) is 0.813. The number of fused-ring (bicyclic) bond motifs is 1. The summed E-state index contributed by atoms with van der Waals surface area (Å²) in [6.45, 7) is 6.41. The van der Waals surface area contributed by atoms with Crippen molar-refractivity contribution in [3.05, 3.63) is 123 Å². The van der Waals surface area contributed by atoms with E-state index in [9.17, 15) is 4.79 Å². The van der Waals surface area contributed by atoms with Gasteiger partial charge in [0.15, 0.2) is 5.82 Å². The molecule has 1 N–H and O–H groups in total. The molecule has 5 rings (SSSR count). The van der Waals surface area contributed by atoms with Crippen LogP contribution in [0.1, 0.15) is 39.7 Å². The first-order valence-corrected chi connectivity index (χ1v) is 13.2. The monoisotopic (exact) mass is 522 g/mol. The Morgan fingerprint density at radius 2 is 1.64 bits per heavy atom. The van der Waals surface area contributed by atoms with Crippen LogP contribution in [-0.4, -0.2) is 50.4 Å². The highest BCUT2D eigenvalue weighted by atomic mass is 16.5. The smallest absolute Gasteiger partial charge is 0.253 e. The molecule has 0 aliphatic rings. The molecular weight excluding hydrogens is 488 g/mol. The number of H-pyrrole nitrogens is 1. The van der Waals surface area contributed by atoms with E-state index < -0.39 is 6.04 Å². The molecule has 39 heavy (non-hydrogen) atoms. The zero-order valence-corrected chi connectivity index (χ0v) is 22.7. The average molecular weight is 523 g/mol. The predicted octanol–water partition coefficient (Wildman–Crippen LogP) is 4.61. The number of aromatic amines is 1. The minimum absolute atomic E-state index is 0.144. The molecule has 8 nitrogen and oxygen atoms in total.